The summed E-state index contributed by atoms with van der Waals surface area (Å²) in [5, 5.41) is 3.64. The molecular weight excluding hydrogens is 310 g/mol. The first-order chi connectivity index (χ1) is 11.0. The van der Waals surface area contributed by atoms with Crippen LogP contribution in [0, 0.1) is 13.8 Å². The third kappa shape index (κ3) is 3.27. The fourth-order valence-electron chi connectivity index (χ4n) is 2.36. The summed E-state index contributed by atoms with van der Waals surface area (Å²) >= 11 is 5.99. The van der Waals surface area contributed by atoms with Gasteiger partial charge in [0.1, 0.15) is 0 Å². The Morgan fingerprint density at radius 1 is 1.13 bits per heavy atom. The summed E-state index contributed by atoms with van der Waals surface area (Å²) in [6, 6.07) is 15.0. The molecule has 0 spiro atoms. The molecule has 2 aromatic carbocycles. The Labute approximate surface area is 139 Å². The van der Waals surface area contributed by atoms with E-state index in [2.05, 4.69) is 10.1 Å². The van der Waals surface area contributed by atoms with Crippen LogP contribution in [0.25, 0.3) is 5.69 Å². The first kappa shape index (κ1) is 15.3. The quantitative estimate of drug-likeness (QED) is 0.721. The van der Waals surface area contributed by atoms with Gasteiger partial charge in [-0.05, 0) is 49.7 Å². The van der Waals surface area contributed by atoms with Crippen LogP contribution in [0.15, 0.2) is 58.3 Å². The van der Waals surface area contributed by atoms with Crippen molar-refractivity contribution in [1.29, 1.82) is 0 Å². The molecular formula is C18H16ClN3O. The molecule has 23 heavy (non-hydrogen) atoms. The molecule has 0 bridgehead atoms. The zero-order valence-corrected chi connectivity index (χ0v) is 13.6. The maximum absolute atomic E-state index is 12.6. The van der Waals surface area contributed by atoms with Crippen LogP contribution in [0.1, 0.15) is 16.8 Å². The zero-order chi connectivity index (χ0) is 16.4. The van der Waals surface area contributed by atoms with Crippen molar-refractivity contribution < 1.29 is 0 Å². The Kier molecular flexibility index (Phi) is 4.17. The highest BCUT2D eigenvalue weighted by atomic mass is 35.5. The molecule has 0 unspecified atom stereocenters. The van der Waals surface area contributed by atoms with Crippen LogP contribution in [-0.4, -0.2) is 16.0 Å². The average molecular weight is 326 g/mol. The predicted molar refractivity (Wildman–Crippen MR) is 94.6 cm³/mol. The van der Waals surface area contributed by atoms with Gasteiger partial charge in [-0.3, -0.25) is 14.9 Å². The van der Waals surface area contributed by atoms with E-state index in [9.17, 15) is 4.79 Å². The van der Waals surface area contributed by atoms with Gasteiger partial charge in [-0.25, -0.2) is 4.68 Å². The number of nitrogens with one attached hydrogen (secondary N) is 1. The van der Waals surface area contributed by atoms with Crippen molar-refractivity contribution in [3.63, 3.8) is 0 Å². The first-order valence-electron chi connectivity index (χ1n) is 7.23. The van der Waals surface area contributed by atoms with E-state index >= 15 is 0 Å². The minimum absolute atomic E-state index is 0.152. The van der Waals surface area contributed by atoms with Crippen LogP contribution in [0.2, 0.25) is 5.02 Å². The second kappa shape index (κ2) is 6.26. The monoisotopic (exact) mass is 325 g/mol. The Balaban J connectivity index is 2.00. The lowest BCUT2D eigenvalue weighted by Crippen LogP contribution is -2.17. The lowest BCUT2D eigenvalue weighted by atomic mass is 10.2. The Bertz CT molecular complexity index is 937. The molecule has 0 radical (unpaired) electrons. The molecule has 0 aliphatic heterocycles. The van der Waals surface area contributed by atoms with E-state index in [1.165, 1.54) is 4.68 Å². The fourth-order valence-corrected chi connectivity index (χ4v) is 2.54. The molecule has 0 amide bonds. The number of aromatic amines is 1. The smallest absolute Gasteiger partial charge is 0.280 e. The van der Waals surface area contributed by atoms with Gasteiger partial charge in [0.25, 0.3) is 5.56 Å². The zero-order valence-electron chi connectivity index (χ0n) is 12.9. The molecule has 0 aliphatic carbocycles. The van der Waals surface area contributed by atoms with Crippen LogP contribution in [-0.2, 0) is 0 Å². The van der Waals surface area contributed by atoms with Crippen molar-refractivity contribution in [1.82, 2.24) is 9.78 Å². The highest BCUT2D eigenvalue weighted by molar-refractivity contribution is 6.30. The van der Waals surface area contributed by atoms with Gasteiger partial charge in [-0.15, -0.1) is 0 Å². The number of benzene rings is 2. The Morgan fingerprint density at radius 2 is 1.91 bits per heavy atom. The summed E-state index contributed by atoms with van der Waals surface area (Å²) < 4.78 is 1.47. The van der Waals surface area contributed by atoms with Crippen molar-refractivity contribution in [3.05, 3.63) is 80.7 Å². The molecule has 4 nitrogen and oxygen atoms in total. The molecule has 1 aromatic heterocycles. The molecule has 1 N–H and O–H groups in total. The van der Waals surface area contributed by atoms with Crippen molar-refractivity contribution in [2.75, 3.05) is 0 Å². The molecule has 0 aliphatic rings. The number of aryl methyl sites for hydroxylation is 2. The van der Waals surface area contributed by atoms with E-state index in [-0.39, 0.29) is 5.56 Å². The molecule has 0 fully saturated rings. The highest BCUT2D eigenvalue weighted by Gasteiger charge is 2.10. The number of hydrogen-bond acceptors (Lipinski definition) is 2. The molecule has 0 saturated heterocycles. The number of hydrogen-bond donors (Lipinski definition) is 1. The second-order valence-electron chi connectivity index (χ2n) is 5.37. The normalized spacial score (nSPS) is 11.3. The van der Waals surface area contributed by atoms with E-state index in [0.29, 0.717) is 16.3 Å². The van der Waals surface area contributed by atoms with Crippen LogP contribution in [0.3, 0.4) is 0 Å². The lowest BCUT2D eigenvalue weighted by molar-refractivity contribution is 0.835. The average Bonchev–Trinajstić information content (AvgIpc) is 2.80. The van der Waals surface area contributed by atoms with Gasteiger partial charge in [0.2, 0.25) is 0 Å². The lowest BCUT2D eigenvalue weighted by Gasteiger charge is -2.01. The van der Waals surface area contributed by atoms with Crippen molar-refractivity contribution in [3.8, 4) is 5.69 Å². The van der Waals surface area contributed by atoms with E-state index in [0.717, 1.165) is 16.9 Å². The number of nitrogens with zero attached hydrogens (tertiary/aromatic N) is 2. The first-order valence-corrected chi connectivity index (χ1v) is 7.61. The standard InChI is InChI=1S/C18H16ClN3O/c1-12-5-3-7-15(9-12)20-11-17-13(2)21-22(18(17)23)16-8-4-6-14(19)10-16/h3-11,21H,1-2H3. The number of halogens is 1. The topological polar surface area (TPSA) is 50.1 Å². The SMILES string of the molecule is Cc1cccc(N=Cc2c(C)[nH]n(-c3cccc(Cl)c3)c2=O)c1. The van der Waals surface area contributed by atoms with Crippen molar-refractivity contribution in [2.45, 2.75) is 13.8 Å². The van der Waals surface area contributed by atoms with E-state index < -0.39 is 0 Å². The van der Waals surface area contributed by atoms with Crippen LogP contribution in [0.5, 0.6) is 0 Å². The van der Waals surface area contributed by atoms with E-state index in [1.807, 2.05) is 44.2 Å². The van der Waals surface area contributed by atoms with Gasteiger partial charge in [-0.2, -0.15) is 0 Å². The number of aromatic nitrogens is 2. The van der Waals surface area contributed by atoms with Gasteiger partial charge in [-0.1, -0.05) is 29.8 Å². The molecule has 0 atom stereocenters. The Morgan fingerprint density at radius 3 is 2.65 bits per heavy atom. The van der Waals surface area contributed by atoms with Gasteiger partial charge < -0.3 is 0 Å². The number of aliphatic imine (C=N–C) groups is 1. The van der Waals surface area contributed by atoms with E-state index in [4.69, 9.17) is 11.6 Å². The van der Waals surface area contributed by atoms with Gasteiger partial charge in [0.05, 0.1) is 16.9 Å². The van der Waals surface area contributed by atoms with Gasteiger partial charge in [0, 0.05) is 16.9 Å². The molecule has 0 saturated carbocycles. The number of H-pyrrole nitrogens is 1. The maximum Gasteiger partial charge on any atom is 0.280 e. The summed E-state index contributed by atoms with van der Waals surface area (Å²) in [7, 11) is 0. The summed E-state index contributed by atoms with van der Waals surface area (Å²) in [5.74, 6) is 0. The summed E-state index contributed by atoms with van der Waals surface area (Å²) in [6.07, 6.45) is 1.60. The molecule has 1 heterocycles. The second-order valence-corrected chi connectivity index (χ2v) is 5.80. The van der Waals surface area contributed by atoms with Crippen molar-refractivity contribution in [2.24, 2.45) is 4.99 Å². The minimum atomic E-state index is -0.152. The minimum Gasteiger partial charge on any atom is -0.295 e. The maximum atomic E-state index is 12.6. The molecule has 5 heteroatoms. The largest absolute Gasteiger partial charge is 0.295 e. The van der Waals surface area contributed by atoms with Crippen LogP contribution < -0.4 is 5.56 Å². The molecule has 3 aromatic rings. The summed E-state index contributed by atoms with van der Waals surface area (Å²) in [6.45, 7) is 3.85. The third-order valence-electron chi connectivity index (χ3n) is 3.53. The van der Waals surface area contributed by atoms with Crippen molar-refractivity contribution >= 4 is 23.5 Å². The van der Waals surface area contributed by atoms with Gasteiger partial charge in [0.15, 0.2) is 0 Å². The summed E-state index contributed by atoms with van der Waals surface area (Å²) in [5.41, 5.74) is 3.78. The van der Waals surface area contributed by atoms with Crippen LogP contribution in [0.4, 0.5) is 5.69 Å². The Hall–Kier alpha value is -2.59. The fraction of sp³-hybridized carbons (Fsp3) is 0.111. The highest BCUT2D eigenvalue weighted by Crippen LogP contribution is 2.15. The third-order valence-corrected chi connectivity index (χ3v) is 3.76. The predicted octanol–water partition coefficient (Wildman–Crippen LogP) is 4.19. The number of rotatable bonds is 3. The summed E-state index contributed by atoms with van der Waals surface area (Å²) in [4.78, 5) is 17.0. The molecule has 116 valence electrons. The molecule has 3 rings (SSSR count). The van der Waals surface area contributed by atoms with Crippen LogP contribution >= 0.6 is 11.6 Å². The van der Waals surface area contributed by atoms with E-state index in [1.54, 1.807) is 24.4 Å². The van der Waals surface area contributed by atoms with Gasteiger partial charge >= 0.3 is 0 Å².